The minimum absolute atomic E-state index is 0.0120. The Bertz CT molecular complexity index is 1020. The Labute approximate surface area is 221 Å². The highest BCUT2D eigenvalue weighted by molar-refractivity contribution is 5.92. The molecule has 5 rings (SSSR count). The fraction of sp³-hybridized carbons (Fsp3) is 0.724. The Morgan fingerprint density at radius 1 is 1.24 bits per heavy atom. The number of nitrogens with zero attached hydrogens (tertiary/aromatic N) is 2. The fourth-order valence-electron chi connectivity index (χ4n) is 8.11. The summed E-state index contributed by atoms with van der Waals surface area (Å²) in [4.78, 5) is 34.5. The van der Waals surface area contributed by atoms with Crippen LogP contribution in [0.2, 0.25) is 0 Å². The molecule has 1 aromatic rings. The van der Waals surface area contributed by atoms with Crippen LogP contribution in [-0.4, -0.2) is 46.0 Å². The average Bonchev–Trinajstić information content (AvgIpc) is 3.45. The highest BCUT2D eigenvalue weighted by atomic mass is 19.1. The molecular weight excluding hydrogens is 469 g/mol. The normalized spacial score (nSPS) is 35.9. The van der Waals surface area contributed by atoms with E-state index in [0.29, 0.717) is 24.3 Å². The third kappa shape index (κ3) is 5.13. The van der Waals surface area contributed by atoms with Crippen molar-refractivity contribution in [3.63, 3.8) is 0 Å². The predicted molar refractivity (Wildman–Crippen MR) is 145 cm³/mol. The summed E-state index contributed by atoms with van der Waals surface area (Å²) < 4.78 is 14.5. The molecule has 7 nitrogen and oxygen atoms in total. The van der Waals surface area contributed by atoms with Crippen molar-refractivity contribution in [2.75, 3.05) is 7.05 Å². The SMILES string of the molecule is CC.CC=N.Cc1cnc(CNC(=O)[C@H]2CCC3C4CCC5N(C)C(=O)C(F)=CC5(C)C4CC[C@@]32C)[nH]1. The number of fused-ring (bicyclic) bond motifs is 5. The lowest BCUT2D eigenvalue weighted by Gasteiger charge is -2.60. The largest absolute Gasteiger partial charge is 0.349 e. The number of hydrogen-bond acceptors (Lipinski definition) is 4. The van der Waals surface area contributed by atoms with Crippen LogP contribution in [0.15, 0.2) is 18.1 Å². The van der Waals surface area contributed by atoms with Gasteiger partial charge < -0.3 is 20.6 Å². The summed E-state index contributed by atoms with van der Waals surface area (Å²) in [6.07, 6.45) is 10.6. The number of H-pyrrole nitrogens is 1. The van der Waals surface area contributed by atoms with E-state index in [0.717, 1.165) is 50.0 Å². The summed E-state index contributed by atoms with van der Waals surface area (Å²) in [5, 5.41) is 9.20. The zero-order valence-electron chi connectivity index (χ0n) is 23.7. The number of nitrogens with one attached hydrogen (secondary N) is 3. The van der Waals surface area contributed by atoms with Crippen LogP contribution in [0.4, 0.5) is 4.39 Å². The van der Waals surface area contributed by atoms with E-state index in [9.17, 15) is 14.0 Å². The van der Waals surface area contributed by atoms with Crippen LogP contribution in [0.25, 0.3) is 0 Å². The number of aromatic amines is 1. The van der Waals surface area contributed by atoms with E-state index >= 15 is 0 Å². The highest BCUT2D eigenvalue weighted by Gasteiger charge is 2.62. The van der Waals surface area contributed by atoms with Gasteiger partial charge in [-0.3, -0.25) is 9.59 Å². The first-order chi connectivity index (χ1) is 17.6. The Morgan fingerprint density at radius 2 is 1.92 bits per heavy atom. The van der Waals surface area contributed by atoms with E-state index < -0.39 is 11.7 Å². The van der Waals surface area contributed by atoms with Crippen LogP contribution < -0.4 is 5.32 Å². The van der Waals surface area contributed by atoms with Crippen molar-refractivity contribution in [2.45, 2.75) is 92.7 Å². The maximum atomic E-state index is 14.5. The molecule has 0 aromatic carbocycles. The number of rotatable bonds is 3. The zero-order chi connectivity index (χ0) is 27.5. The molecule has 0 saturated heterocycles. The molecule has 0 radical (unpaired) electrons. The second kappa shape index (κ2) is 11.5. The van der Waals surface area contributed by atoms with Crippen molar-refractivity contribution in [1.82, 2.24) is 20.2 Å². The van der Waals surface area contributed by atoms with Crippen molar-refractivity contribution in [2.24, 2.45) is 34.5 Å². The topological polar surface area (TPSA) is 102 Å². The van der Waals surface area contributed by atoms with Crippen LogP contribution >= 0.6 is 0 Å². The number of amides is 2. The van der Waals surface area contributed by atoms with Gasteiger partial charge in [0, 0.05) is 36.3 Å². The summed E-state index contributed by atoms with van der Waals surface area (Å²) >= 11 is 0. The summed E-state index contributed by atoms with van der Waals surface area (Å²) in [5.41, 5.74) is 0.644. The average molecular weight is 516 g/mol. The van der Waals surface area contributed by atoms with Crippen molar-refractivity contribution < 1.29 is 14.0 Å². The summed E-state index contributed by atoms with van der Waals surface area (Å²) in [6.45, 7) is 12.5. The van der Waals surface area contributed by atoms with E-state index in [-0.39, 0.29) is 28.7 Å². The molecule has 37 heavy (non-hydrogen) atoms. The molecule has 7 atom stereocenters. The molecule has 1 aliphatic heterocycles. The fourth-order valence-corrected chi connectivity index (χ4v) is 8.11. The molecule has 5 unspecified atom stereocenters. The Balaban J connectivity index is 0.000000711. The van der Waals surface area contributed by atoms with Crippen LogP contribution in [-0.2, 0) is 16.1 Å². The van der Waals surface area contributed by atoms with E-state index in [1.165, 1.54) is 6.21 Å². The summed E-state index contributed by atoms with van der Waals surface area (Å²) in [5.74, 6) is 1.16. The van der Waals surface area contributed by atoms with Crippen LogP contribution in [0.1, 0.15) is 84.7 Å². The number of halogens is 1. The highest BCUT2D eigenvalue weighted by Crippen LogP contribution is 2.65. The molecule has 3 aliphatic carbocycles. The molecule has 1 aromatic heterocycles. The zero-order valence-corrected chi connectivity index (χ0v) is 23.7. The van der Waals surface area contributed by atoms with Gasteiger partial charge in [-0.05, 0) is 87.8 Å². The Morgan fingerprint density at radius 3 is 2.54 bits per heavy atom. The van der Waals surface area contributed by atoms with Crippen molar-refractivity contribution in [3.8, 4) is 0 Å². The van der Waals surface area contributed by atoms with Crippen molar-refractivity contribution in [3.05, 3.63) is 29.6 Å². The lowest BCUT2D eigenvalue weighted by atomic mass is 9.47. The second-order valence-corrected chi connectivity index (χ2v) is 11.4. The van der Waals surface area contributed by atoms with Gasteiger partial charge in [0.05, 0.1) is 6.54 Å². The number of carbonyl (C=O) groups is 2. The Hall–Kier alpha value is -2.51. The maximum Gasteiger partial charge on any atom is 0.282 e. The monoisotopic (exact) mass is 515 g/mol. The molecule has 2 amide bonds. The molecule has 0 bridgehead atoms. The molecule has 3 fully saturated rings. The number of aryl methyl sites for hydroxylation is 1. The number of hydrogen-bond donors (Lipinski definition) is 3. The minimum atomic E-state index is -0.600. The van der Waals surface area contributed by atoms with Crippen molar-refractivity contribution in [1.29, 1.82) is 5.41 Å². The van der Waals surface area contributed by atoms with E-state index in [1.807, 2.05) is 20.8 Å². The van der Waals surface area contributed by atoms with Gasteiger partial charge in [-0.1, -0.05) is 27.7 Å². The quantitative estimate of drug-likeness (QED) is 0.459. The molecule has 2 heterocycles. The van der Waals surface area contributed by atoms with Crippen LogP contribution in [0.3, 0.4) is 0 Å². The first-order valence-electron chi connectivity index (χ1n) is 14.0. The molecule has 3 saturated carbocycles. The minimum Gasteiger partial charge on any atom is -0.349 e. The van der Waals surface area contributed by atoms with Gasteiger partial charge in [0.2, 0.25) is 5.91 Å². The van der Waals surface area contributed by atoms with E-state index in [4.69, 9.17) is 5.41 Å². The molecule has 206 valence electrons. The summed E-state index contributed by atoms with van der Waals surface area (Å²) in [7, 11) is 1.75. The predicted octanol–water partition coefficient (Wildman–Crippen LogP) is 5.57. The van der Waals surface area contributed by atoms with Gasteiger partial charge in [0.25, 0.3) is 5.91 Å². The van der Waals surface area contributed by atoms with Gasteiger partial charge >= 0.3 is 0 Å². The third-order valence-electron chi connectivity index (χ3n) is 9.66. The molecule has 8 heteroatoms. The third-order valence-corrected chi connectivity index (χ3v) is 9.66. The van der Waals surface area contributed by atoms with Gasteiger partial charge in [-0.15, -0.1) is 0 Å². The number of imidazole rings is 1. The van der Waals surface area contributed by atoms with Crippen LogP contribution in [0, 0.1) is 46.8 Å². The molecule has 0 spiro atoms. The second-order valence-electron chi connectivity index (χ2n) is 11.4. The number of carbonyl (C=O) groups excluding carboxylic acids is 2. The summed E-state index contributed by atoms with van der Waals surface area (Å²) in [6, 6.07) is 0.0670. The smallest absolute Gasteiger partial charge is 0.282 e. The first-order valence-corrected chi connectivity index (χ1v) is 14.0. The van der Waals surface area contributed by atoms with Gasteiger partial charge in [-0.2, -0.15) is 0 Å². The van der Waals surface area contributed by atoms with Crippen LogP contribution in [0.5, 0.6) is 0 Å². The first kappa shape index (κ1) is 29.1. The van der Waals surface area contributed by atoms with Gasteiger partial charge in [0.1, 0.15) is 5.82 Å². The standard InChI is InChI=1S/C25H35FN4O2.C2H5N.C2H6/c1-14-12-27-21(29-14)13-28-22(31)18-7-6-16-15-5-8-20-25(3,11-19(26)23(32)30(20)4)17(15)9-10-24(16,18)2;1-2-3;1-2/h11-12,15-18,20H,5-10,13H2,1-4H3,(H,27,29)(H,28,31);2-3H,1H3;1-2H3/t15?,16?,17?,18-,20?,24+,25?;;/m1../s1. The van der Waals surface area contributed by atoms with E-state index in [1.54, 1.807) is 31.1 Å². The van der Waals surface area contributed by atoms with Crippen molar-refractivity contribution >= 4 is 18.0 Å². The number of likely N-dealkylation sites (N-methyl/N-ethyl adjacent to an activating group) is 1. The lowest BCUT2D eigenvalue weighted by molar-refractivity contribution is -0.145. The molecular formula is C29H46FN5O2. The maximum absolute atomic E-state index is 14.5. The molecule has 3 N–H and O–H groups in total. The lowest BCUT2D eigenvalue weighted by Crippen LogP contribution is -2.60. The Kier molecular flexibility index (Phi) is 9.01. The van der Waals surface area contributed by atoms with E-state index in [2.05, 4.69) is 29.1 Å². The van der Waals surface area contributed by atoms with Gasteiger partial charge in [0.15, 0.2) is 5.83 Å². The van der Waals surface area contributed by atoms with Gasteiger partial charge in [-0.25, -0.2) is 9.37 Å². The molecule has 4 aliphatic rings. The number of aromatic nitrogens is 2.